The van der Waals surface area contributed by atoms with Crippen molar-refractivity contribution in [1.82, 2.24) is 14.7 Å². The fourth-order valence-corrected chi connectivity index (χ4v) is 2.86. The zero-order chi connectivity index (χ0) is 12.8. The molecule has 1 unspecified atom stereocenters. The van der Waals surface area contributed by atoms with Crippen LogP contribution in [0.2, 0.25) is 0 Å². The van der Waals surface area contributed by atoms with Gasteiger partial charge in [0.15, 0.2) is 0 Å². The van der Waals surface area contributed by atoms with E-state index in [1.165, 1.54) is 6.42 Å². The first-order valence-corrected chi connectivity index (χ1v) is 7.13. The number of aliphatic hydroxyl groups excluding tert-OH is 1. The molecule has 106 valence electrons. The molecule has 2 fully saturated rings. The van der Waals surface area contributed by atoms with Crippen LogP contribution in [0, 0.1) is 0 Å². The van der Waals surface area contributed by atoms with Crippen molar-refractivity contribution in [1.29, 1.82) is 0 Å². The van der Waals surface area contributed by atoms with Crippen LogP contribution in [0.3, 0.4) is 0 Å². The summed E-state index contributed by atoms with van der Waals surface area (Å²) in [6.07, 6.45) is 1.20. The molecule has 5 nitrogen and oxygen atoms in total. The van der Waals surface area contributed by atoms with E-state index >= 15 is 0 Å². The lowest BCUT2D eigenvalue weighted by molar-refractivity contribution is 0.0281. The third kappa shape index (κ3) is 4.17. The predicted octanol–water partition coefficient (Wildman–Crippen LogP) is -0.683. The number of hydrogen-bond donors (Lipinski definition) is 1. The Morgan fingerprint density at radius 2 is 1.89 bits per heavy atom. The molecule has 2 heterocycles. The van der Waals surface area contributed by atoms with Gasteiger partial charge in [-0.3, -0.25) is 9.80 Å². The van der Waals surface area contributed by atoms with Gasteiger partial charge in [-0.15, -0.1) is 0 Å². The lowest BCUT2D eigenvalue weighted by Crippen LogP contribution is -2.47. The molecule has 0 amide bonds. The standard InChI is InChI=1S/C13H27N3O2/c1-14-3-2-4-16(13(11-14)12-17)6-5-15-7-9-18-10-8-15/h13,17H,2-12H2,1H3. The molecule has 0 aromatic rings. The molecular formula is C13H27N3O2. The van der Waals surface area contributed by atoms with Crippen LogP contribution in [0.15, 0.2) is 0 Å². The van der Waals surface area contributed by atoms with Gasteiger partial charge in [-0.05, 0) is 26.6 Å². The maximum Gasteiger partial charge on any atom is 0.0599 e. The Kier molecular flexibility index (Phi) is 5.85. The van der Waals surface area contributed by atoms with Crippen molar-refractivity contribution in [2.24, 2.45) is 0 Å². The van der Waals surface area contributed by atoms with Crippen LogP contribution in [0.25, 0.3) is 0 Å². The monoisotopic (exact) mass is 257 g/mol. The van der Waals surface area contributed by atoms with Crippen LogP contribution in [-0.2, 0) is 4.74 Å². The fraction of sp³-hybridized carbons (Fsp3) is 1.00. The Balaban J connectivity index is 1.78. The lowest BCUT2D eigenvalue weighted by Gasteiger charge is -2.33. The molecule has 0 bridgehead atoms. The zero-order valence-corrected chi connectivity index (χ0v) is 11.6. The molecule has 1 atom stereocenters. The summed E-state index contributed by atoms with van der Waals surface area (Å²) >= 11 is 0. The highest BCUT2D eigenvalue weighted by atomic mass is 16.5. The molecular weight excluding hydrogens is 230 g/mol. The van der Waals surface area contributed by atoms with E-state index in [4.69, 9.17) is 4.74 Å². The highest BCUT2D eigenvalue weighted by molar-refractivity contribution is 4.79. The maximum atomic E-state index is 9.54. The van der Waals surface area contributed by atoms with Crippen molar-refractivity contribution < 1.29 is 9.84 Å². The van der Waals surface area contributed by atoms with E-state index < -0.39 is 0 Å². The molecule has 0 saturated carbocycles. The van der Waals surface area contributed by atoms with Crippen molar-refractivity contribution in [2.75, 3.05) is 72.7 Å². The highest BCUT2D eigenvalue weighted by Crippen LogP contribution is 2.09. The smallest absolute Gasteiger partial charge is 0.0599 e. The maximum absolute atomic E-state index is 9.54. The van der Waals surface area contributed by atoms with Gasteiger partial charge in [-0.2, -0.15) is 0 Å². The summed E-state index contributed by atoms with van der Waals surface area (Å²) in [4.78, 5) is 7.25. The second-order valence-electron chi connectivity index (χ2n) is 5.44. The number of aliphatic hydroxyl groups is 1. The molecule has 2 saturated heterocycles. The molecule has 0 aromatic heterocycles. The number of morpholine rings is 1. The van der Waals surface area contributed by atoms with Gasteiger partial charge in [-0.1, -0.05) is 0 Å². The second kappa shape index (κ2) is 7.40. The van der Waals surface area contributed by atoms with Crippen LogP contribution < -0.4 is 0 Å². The third-order valence-corrected chi connectivity index (χ3v) is 4.04. The average molecular weight is 257 g/mol. The number of hydrogen-bond acceptors (Lipinski definition) is 5. The van der Waals surface area contributed by atoms with Crippen molar-refractivity contribution in [3.63, 3.8) is 0 Å². The summed E-state index contributed by atoms with van der Waals surface area (Å²) in [7, 11) is 2.15. The second-order valence-corrected chi connectivity index (χ2v) is 5.44. The first kappa shape index (κ1) is 14.2. The van der Waals surface area contributed by atoms with Gasteiger partial charge in [0.2, 0.25) is 0 Å². The molecule has 0 aliphatic carbocycles. The average Bonchev–Trinajstić information content (AvgIpc) is 2.59. The molecule has 2 aliphatic heterocycles. The van der Waals surface area contributed by atoms with Crippen molar-refractivity contribution >= 4 is 0 Å². The van der Waals surface area contributed by atoms with E-state index in [9.17, 15) is 5.11 Å². The Morgan fingerprint density at radius 1 is 1.11 bits per heavy atom. The fourth-order valence-electron chi connectivity index (χ4n) is 2.86. The van der Waals surface area contributed by atoms with E-state index in [1.54, 1.807) is 0 Å². The Hall–Kier alpha value is -0.200. The summed E-state index contributed by atoms with van der Waals surface area (Å²) in [6.45, 7) is 9.52. The van der Waals surface area contributed by atoms with Gasteiger partial charge >= 0.3 is 0 Å². The molecule has 0 aromatic carbocycles. The quantitative estimate of drug-likeness (QED) is 0.722. The van der Waals surface area contributed by atoms with E-state index in [2.05, 4.69) is 21.7 Å². The summed E-state index contributed by atoms with van der Waals surface area (Å²) in [5.41, 5.74) is 0. The first-order valence-electron chi connectivity index (χ1n) is 7.13. The molecule has 5 heteroatoms. The van der Waals surface area contributed by atoms with Crippen LogP contribution in [0.4, 0.5) is 0 Å². The van der Waals surface area contributed by atoms with Gasteiger partial charge in [0.05, 0.1) is 19.8 Å². The van der Waals surface area contributed by atoms with Gasteiger partial charge in [0.25, 0.3) is 0 Å². The predicted molar refractivity (Wildman–Crippen MR) is 71.8 cm³/mol. The summed E-state index contributed by atoms with van der Waals surface area (Å²) < 4.78 is 5.37. The van der Waals surface area contributed by atoms with Crippen LogP contribution in [-0.4, -0.2) is 98.5 Å². The molecule has 1 N–H and O–H groups in total. The van der Waals surface area contributed by atoms with Gasteiger partial charge in [-0.25, -0.2) is 0 Å². The number of ether oxygens (including phenoxy) is 1. The Bertz CT molecular complexity index is 234. The van der Waals surface area contributed by atoms with E-state index in [-0.39, 0.29) is 6.61 Å². The molecule has 18 heavy (non-hydrogen) atoms. The Morgan fingerprint density at radius 3 is 2.61 bits per heavy atom. The largest absolute Gasteiger partial charge is 0.395 e. The molecule has 2 rings (SSSR count). The van der Waals surface area contributed by atoms with Crippen molar-refractivity contribution in [3.05, 3.63) is 0 Å². The zero-order valence-electron chi connectivity index (χ0n) is 11.6. The summed E-state index contributed by atoms with van der Waals surface area (Å²) in [6, 6.07) is 0.304. The first-order chi connectivity index (χ1) is 8.79. The van der Waals surface area contributed by atoms with Gasteiger partial charge < -0.3 is 14.7 Å². The third-order valence-electron chi connectivity index (χ3n) is 4.04. The molecule has 0 radical (unpaired) electrons. The number of likely N-dealkylation sites (N-methyl/N-ethyl adjacent to an activating group) is 1. The number of rotatable bonds is 4. The summed E-state index contributed by atoms with van der Waals surface area (Å²) in [5.74, 6) is 0. The van der Waals surface area contributed by atoms with E-state index in [0.717, 1.165) is 59.0 Å². The topological polar surface area (TPSA) is 39.2 Å². The number of nitrogens with zero attached hydrogens (tertiary/aromatic N) is 3. The minimum atomic E-state index is 0.271. The molecule has 2 aliphatic rings. The van der Waals surface area contributed by atoms with E-state index in [0.29, 0.717) is 6.04 Å². The van der Waals surface area contributed by atoms with Crippen molar-refractivity contribution in [2.45, 2.75) is 12.5 Å². The lowest BCUT2D eigenvalue weighted by atomic mass is 10.2. The van der Waals surface area contributed by atoms with Crippen molar-refractivity contribution in [3.8, 4) is 0 Å². The van der Waals surface area contributed by atoms with Crippen LogP contribution in [0.5, 0.6) is 0 Å². The van der Waals surface area contributed by atoms with Gasteiger partial charge in [0, 0.05) is 38.8 Å². The SMILES string of the molecule is CN1CCCN(CCN2CCOCC2)C(CO)C1. The van der Waals surface area contributed by atoms with Crippen LogP contribution >= 0.6 is 0 Å². The minimum absolute atomic E-state index is 0.271. The Labute approximate surface area is 110 Å². The van der Waals surface area contributed by atoms with Crippen LogP contribution in [0.1, 0.15) is 6.42 Å². The molecule has 0 spiro atoms. The summed E-state index contributed by atoms with van der Waals surface area (Å²) in [5, 5.41) is 9.54. The minimum Gasteiger partial charge on any atom is -0.395 e. The van der Waals surface area contributed by atoms with E-state index in [1.807, 2.05) is 0 Å². The highest BCUT2D eigenvalue weighted by Gasteiger charge is 2.23. The van der Waals surface area contributed by atoms with Gasteiger partial charge in [0.1, 0.15) is 0 Å². The normalized spacial score (nSPS) is 29.3.